The number of amides is 1. The van der Waals surface area contributed by atoms with Crippen molar-refractivity contribution < 1.29 is 17.9 Å². The van der Waals surface area contributed by atoms with Crippen LogP contribution in [0.2, 0.25) is 0 Å². The first-order valence-electron chi connectivity index (χ1n) is 8.18. The van der Waals surface area contributed by atoms with Crippen LogP contribution in [-0.2, 0) is 14.8 Å². The van der Waals surface area contributed by atoms with Crippen molar-refractivity contribution in [2.24, 2.45) is 0 Å². The summed E-state index contributed by atoms with van der Waals surface area (Å²) in [4.78, 5) is 14.2. The van der Waals surface area contributed by atoms with E-state index in [9.17, 15) is 13.2 Å². The van der Waals surface area contributed by atoms with Gasteiger partial charge >= 0.3 is 0 Å². The van der Waals surface area contributed by atoms with Crippen molar-refractivity contribution in [3.63, 3.8) is 0 Å². The number of carbonyl (C=O) groups is 1. The Hall–Kier alpha value is -1.90. The van der Waals surface area contributed by atoms with Crippen molar-refractivity contribution in [1.29, 1.82) is 0 Å². The Morgan fingerprint density at radius 1 is 1.00 bits per heavy atom. The lowest BCUT2D eigenvalue weighted by Gasteiger charge is -2.33. The molecule has 26 heavy (non-hydrogen) atoms. The molecule has 0 saturated carbocycles. The highest BCUT2D eigenvalue weighted by atomic mass is 79.9. The fraction of sp³-hybridized carbons (Fsp3) is 0.278. The average molecular weight is 439 g/mol. The number of sulfonamides is 1. The minimum atomic E-state index is -3.51. The van der Waals surface area contributed by atoms with Crippen LogP contribution in [0, 0.1) is 0 Å². The fourth-order valence-electron chi connectivity index (χ4n) is 2.71. The molecule has 3 rings (SSSR count). The molecule has 1 aliphatic rings. The minimum Gasteiger partial charge on any atom is -0.484 e. The van der Waals surface area contributed by atoms with Gasteiger partial charge in [-0.25, -0.2) is 8.42 Å². The van der Waals surface area contributed by atoms with E-state index in [-0.39, 0.29) is 30.5 Å². The van der Waals surface area contributed by atoms with E-state index in [1.54, 1.807) is 47.4 Å². The number of piperazine rings is 1. The zero-order valence-corrected chi connectivity index (χ0v) is 16.4. The van der Waals surface area contributed by atoms with E-state index < -0.39 is 10.0 Å². The Balaban J connectivity index is 1.54. The molecule has 1 heterocycles. The van der Waals surface area contributed by atoms with Crippen LogP contribution in [-0.4, -0.2) is 56.3 Å². The molecule has 0 radical (unpaired) electrons. The third kappa shape index (κ3) is 4.44. The van der Waals surface area contributed by atoms with Crippen molar-refractivity contribution in [2.75, 3.05) is 32.8 Å². The molecule has 0 aliphatic carbocycles. The van der Waals surface area contributed by atoms with E-state index in [0.29, 0.717) is 18.8 Å². The van der Waals surface area contributed by atoms with Crippen LogP contribution in [0.15, 0.2) is 64.0 Å². The van der Waals surface area contributed by atoms with Gasteiger partial charge in [-0.2, -0.15) is 4.31 Å². The molecule has 1 amide bonds. The summed E-state index contributed by atoms with van der Waals surface area (Å²) in [5.41, 5.74) is 0. The summed E-state index contributed by atoms with van der Waals surface area (Å²) >= 11 is 3.35. The standard InChI is InChI=1S/C18H19BrN2O4S/c19-15-5-4-6-16(13-15)25-14-18(22)20-9-11-21(12-10-20)26(23,24)17-7-2-1-3-8-17/h1-8,13H,9-12,14H2. The normalized spacial score (nSPS) is 15.7. The second kappa shape index (κ2) is 8.20. The van der Waals surface area contributed by atoms with Crippen molar-refractivity contribution in [3.05, 3.63) is 59.1 Å². The number of carbonyl (C=O) groups excluding carboxylic acids is 1. The lowest BCUT2D eigenvalue weighted by atomic mass is 10.3. The second-order valence-electron chi connectivity index (χ2n) is 5.84. The lowest BCUT2D eigenvalue weighted by Crippen LogP contribution is -2.51. The van der Waals surface area contributed by atoms with E-state index >= 15 is 0 Å². The highest BCUT2D eigenvalue weighted by Crippen LogP contribution is 2.19. The Morgan fingerprint density at radius 3 is 2.35 bits per heavy atom. The maximum absolute atomic E-state index is 12.6. The van der Waals surface area contributed by atoms with Crippen LogP contribution in [0.25, 0.3) is 0 Å². The van der Waals surface area contributed by atoms with Gasteiger partial charge in [0.2, 0.25) is 10.0 Å². The lowest BCUT2D eigenvalue weighted by molar-refractivity contribution is -0.134. The van der Waals surface area contributed by atoms with Crippen LogP contribution in [0.1, 0.15) is 0 Å². The Bertz CT molecular complexity index is 866. The minimum absolute atomic E-state index is 0.0676. The molecular formula is C18H19BrN2O4S. The quantitative estimate of drug-likeness (QED) is 0.718. The van der Waals surface area contributed by atoms with E-state index in [0.717, 1.165) is 4.47 Å². The Labute approximate surface area is 161 Å². The zero-order chi connectivity index (χ0) is 18.6. The second-order valence-corrected chi connectivity index (χ2v) is 8.70. The van der Waals surface area contributed by atoms with Crippen LogP contribution < -0.4 is 4.74 Å². The molecule has 0 N–H and O–H groups in total. The van der Waals surface area contributed by atoms with E-state index in [1.165, 1.54) is 4.31 Å². The zero-order valence-electron chi connectivity index (χ0n) is 14.0. The predicted octanol–water partition coefficient (Wildman–Crippen LogP) is 2.36. The van der Waals surface area contributed by atoms with Gasteiger partial charge in [0.1, 0.15) is 5.75 Å². The third-order valence-electron chi connectivity index (χ3n) is 4.13. The molecule has 2 aromatic rings. The highest BCUT2D eigenvalue weighted by molar-refractivity contribution is 9.10. The molecule has 138 valence electrons. The van der Waals surface area contributed by atoms with Gasteiger partial charge in [-0.05, 0) is 30.3 Å². The van der Waals surface area contributed by atoms with Gasteiger partial charge in [-0.15, -0.1) is 0 Å². The molecule has 0 atom stereocenters. The van der Waals surface area contributed by atoms with Crippen LogP contribution in [0.3, 0.4) is 0 Å². The predicted molar refractivity (Wildman–Crippen MR) is 101 cm³/mol. The van der Waals surface area contributed by atoms with Crippen molar-refractivity contribution in [2.45, 2.75) is 4.90 Å². The first-order chi connectivity index (χ1) is 12.5. The van der Waals surface area contributed by atoms with Gasteiger partial charge in [0.05, 0.1) is 4.90 Å². The molecule has 1 fully saturated rings. The number of hydrogen-bond donors (Lipinski definition) is 0. The van der Waals surface area contributed by atoms with Crippen molar-refractivity contribution in [1.82, 2.24) is 9.21 Å². The van der Waals surface area contributed by atoms with E-state index in [2.05, 4.69) is 15.9 Å². The summed E-state index contributed by atoms with van der Waals surface area (Å²) in [5.74, 6) is 0.458. The monoisotopic (exact) mass is 438 g/mol. The van der Waals surface area contributed by atoms with Crippen molar-refractivity contribution in [3.8, 4) is 5.75 Å². The van der Waals surface area contributed by atoms with Gasteiger partial charge in [0.25, 0.3) is 5.91 Å². The van der Waals surface area contributed by atoms with Crippen LogP contribution >= 0.6 is 15.9 Å². The van der Waals surface area contributed by atoms with Crippen molar-refractivity contribution >= 4 is 31.9 Å². The average Bonchev–Trinajstić information content (AvgIpc) is 2.67. The maximum Gasteiger partial charge on any atom is 0.260 e. The topological polar surface area (TPSA) is 66.9 Å². The molecule has 0 spiro atoms. The summed E-state index contributed by atoms with van der Waals surface area (Å²) in [6, 6.07) is 15.6. The SMILES string of the molecule is O=C(COc1cccc(Br)c1)N1CCN(S(=O)(=O)c2ccccc2)CC1. The number of ether oxygens (including phenoxy) is 1. The van der Waals surface area contributed by atoms with Crippen LogP contribution in [0.5, 0.6) is 5.75 Å². The molecular weight excluding hydrogens is 420 g/mol. The van der Waals surface area contributed by atoms with Gasteiger partial charge in [0, 0.05) is 30.7 Å². The number of benzene rings is 2. The number of rotatable bonds is 5. The summed E-state index contributed by atoms with van der Waals surface area (Å²) in [6.45, 7) is 1.20. The van der Waals surface area contributed by atoms with Gasteiger partial charge in [-0.3, -0.25) is 4.79 Å². The van der Waals surface area contributed by atoms with Crippen LogP contribution in [0.4, 0.5) is 0 Å². The number of hydrogen-bond acceptors (Lipinski definition) is 4. The maximum atomic E-state index is 12.6. The van der Waals surface area contributed by atoms with Gasteiger partial charge in [-0.1, -0.05) is 40.2 Å². The molecule has 8 heteroatoms. The first kappa shape index (κ1) is 18.9. The highest BCUT2D eigenvalue weighted by Gasteiger charge is 2.30. The molecule has 0 aromatic heterocycles. The molecule has 1 aliphatic heterocycles. The van der Waals surface area contributed by atoms with E-state index in [1.807, 2.05) is 12.1 Å². The molecule has 0 unspecified atom stereocenters. The summed E-state index contributed by atoms with van der Waals surface area (Å²) < 4.78 is 33.0. The number of nitrogens with zero attached hydrogens (tertiary/aromatic N) is 2. The summed E-state index contributed by atoms with van der Waals surface area (Å²) in [5, 5.41) is 0. The Kier molecular flexibility index (Phi) is 5.95. The largest absolute Gasteiger partial charge is 0.484 e. The van der Waals surface area contributed by atoms with Gasteiger partial charge in [0.15, 0.2) is 6.61 Å². The molecule has 6 nitrogen and oxygen atoms in total. The Morgan fingerprint density at radius 2 is 1.69 bits per heavy atom. The smallest absolute Gasteiger partial charge is 0.260 e. The molecule has 0 bridgehead atoms. The molecule has 2 aromatic carbocycles. The summed E-state index contributed by atoms with van der Waals surface area (Å²) in [6.07, 6.45) is 0. The van der Waals surface area contributed by atoms with Gasteiger partial charge < -0.3 is 9.64 Å². The molecule has 1 saturated heterocycles. The first-order valence-corrected chi connectivity index (χ1v) is 10.4. The summed E-state index contributed by atoms with van der Waals surface area (Å²) in [7, 11) is -3.51. The third-order valence-corrected chi connectivity index (χ3v) is 6.54. The number of halogens is 1. The fourth-order valence-corrected chi connectivity index (χ4v) is 4.53. The van der Waals surface area contributed by atoms with E-state index in [4.69, 9.17) is 4.74 Å².